The molecule has 0 aromatic carbocycles. The Bertz CT molecular complexity index is 447. The maximum Gasteiger partial charge on any atom is 0.230 e. The van der Waals surface area contributed by atoms with Gasteiger partial charge in [-0.1, -0.05) is 11.8 Å². The summed E-state index contributed by atoms with van der Waals surface area (Å²) in [6, 6.07) is 0.468. The van der Waals surface area contributed by atoms with Gasteiger partial charge in [-0.3, -0.25) is 4.79 Å². The molecule has 1 aromatic rings. The molecule has 20 heavy (non-hydrogen) atoms. The van der Waals surface area contributed by atoms with Crippen molar-refractivity contribution in [2.75, 3.05) is 26.0 Å². The van der Waals surface area contributed by atoms with Crippen LogP contribution in [0.3, 0.4) is 0 Å². The van der Waals surface area contributed by atoms with Crippen LogP contribution in [-0.2, 0) is 16.1 Å². The Labute approximate surface area is 122 Å². The van der Waals surface area contributed by atoms with Gasteiger partial charge in [-0.15, -0.1) is 10.2 Å². The fourth-order valence-corrected chi connectivity index (χ4v) is 2.72. The minimum Gasteiger partial charge on any atom is -0.385 e. The standard InChI is InChI=1S/C12H21N5O2S/c1-19-6-2-5-14-11(18)8-20-12-16-15-10(7-13)17(12)9-3-4-9/h9H,2-8,13H2,1H3,(H,14,18). The lowest BCUT2D eigenvalue weighted by Gasteiger charge is -2.07. The first-order valence-electron chi connectivity index (χ1n) is 6.78. The van der Waals surface area contributed by atoms with Gasteiger partial charge in [-0.25, -0.2) is 0 Å². The van der Waals surface area contributed by atoms with Crippen LogP contribution in [-0.4, -0.2) is 46.7 Å². The van der Waals surface area contributed by atoms with Crippen LogP contribution in [0.2, 0.25) is 0 Å². The number of rotatable bonds is 9. The second-order valence-corrected chi connectivity index (χ2v) is 5.63. The molecule has 1 fully saturated rings. The van der Waals surface area contributed by atoms with Gasteiger partial charge in [0.2, 0.25) is 5.91 Å². The van der Waals surface area contributed by atoms with Crippen molar-refractivity contribution in [2.24, 2.45) is 5.73 Å². The predicted molar refractivity (Wildman–Crippen MR) is 76.4 cm³/mol. The number of thioether (sulfide) groups is 1. The van der Waals surface area contributed by atoms with E-state index >= 15 is 0 Å². The number of hydrogen-bond donors (Lipinski definition) is 2. The van der Waals surface area contributed by atoms with Gasteiger partial charge in [0.25, 0.3) is 0 Å². The molecule has 0 radical (unpaired) electrons. The number of ether oxygens (including phenoxy) is 1. The largest absolute Gasteiger partial charge is 0.385 e. The van der Waals surface area contributed by atoms with E-state index in [4.69, 9.17) is 10.5 Å². The number of aromatic nitrogens is 3. The fraction of sp³-hybridized carbons (Fsp3) is 0.750. The summed E-state index contributed by atoms with van der Waals surface area (Å²) >= 11 is 1.41. The topological polar surface area (TPSA) is 95.1 Å². The zero-order chi connectivity index (χ0) is 14.4. The van der Waals surface area contributed by atoms with Crippen molar-refractivity contribution >= 4 is 17.7 Å². The van der Waals surface area contributed by atoms with Crippen LogP contribution in [0.1, 0.15) is 31.1 Å². The van der Waals surface area contributed by atoms with Crippen molar-refractivity contribution in [3.05, 3.63) is 5.82 Å². The molecule has 7 nitrogen and oxygen atoms in total. The van der Waals surface area contributed by atoms with Gasteiger partial charge in [-0.05, 0) is 19.3 Å². The summed E-state index contributed by atoms with van der Waals surface area (Å²) in [6.07, 6.45) is 3.10. The first kappa shape index (κ1) is 15.3. The number of carbonyl (C=O) groups is 1. The van der Waals surface area contributed by atoms with Crippen molar-refractivity contribution in [1.29, 1.82) is 0 Å². The summed E-state index contributed by atoms with van der Waals surface area (Å²) in [7, 11) is 1.65. The SMILES string of the molecule is COCCCNC(=O)CSc1nnc(CN)n1C1CC1. The molecule has 0 aliphatic heterocycles. The molecule has 0 bridgehead atoms. The maximum atomic E-state index is 11.7. The van der Waals surface area contributed by atoms with Crippen LogP contribution >= 0.6 is 11.8 Å². The number of hydrogen-bond acceptors (Lipinski definition) is 6. The van der Waals surface area contributed by atoms with Crippen molar-refractivity contribution in [1.82, 2.24) is 20.1 Å². The molecule has 8 heteroatoms. The monoisotopic (exact) mass is 299 g/mol. The Balaban J connectivity index is 1.79. The Kier molecular flexibility index (Phi) is 5.81. The lowest BCUT2D eigenvalue weighted by molar-refractivity contribution is -0.118. The predicted octanol–water partition coefficient (Wildman–Crippen LogP) is 0.317. The van der Waals surface area contributed by atoms with E-state index in [1.54, 1.807) is 7.11 Å². The number of carbonyl (C=O) groups excluding carboxylic acids is 1. The van der Waals surface area contributed by atoms with Gasteiger partial charge in [-0.2, -0.15) is 0 Å². The fourth-order valence-electron chi connectivity index (χ4n) is 1.87. The van der Waals surface area contributed by atoms with Crippen molar-refractivity contribution < 1.29 is 9.53 Å². The highest BCUT2D eigenvalue weighted by Gasteiger charge is 2.29. The van der Waals surface area contributed by atoms with E-state index in [1.165, 1.54) is 11.8 Å². The summed E-state index contributed by atoms with van der Waals surface area (Å²) in [5, 5.41) is 11.8. The smallest absolute Gasteiger partial charge is 0.230 e. The summed E-state index contributed by atoms with van der Waals surface area (Å²) in [6.45, 7) is 1.67. The highest BCUT2D eigenvalue weighted by atomic mass is 32.2. The third-order valence-electron chi connectivity index (χ3n) is 3.01. The molecule has 1 heterocycles. The average Bonchev–Trinajstić information content (AvgIpc) is 3.21. The minimum atomic E-state index is 0.00532. The molecule has 112 valence electrons. The Morgan fingerprint density at radius 2 is 2.35 bits per heavy atom. The third-order valence-corrected chi connectivity index (χ3v) is 3.95. The molecule has 2 rings (SSSR count). The average molecular weight is 299 g/mol. The third kappa shape index (κ3) is 4.19. The molecule has 1 saturated carbocycles. The molecule has 0 atom stereocenters. The second kappa shape index (κ2) is 7.61. The van der Waals surface area contributed by atoms with Gasteiger partial charge < -0.3 is 20.4 Å². The van der Waals surface area contributed by atoms with Crippen LogP contribution in [0, 0.1) is 0 Å². The van der Waals surface area contributed by atoms with Crippen LogP contribution < -0.4 is 11.1 Å². The molecular formula is C12H21N5O2S. The van der Waals surface area contributed by atoms with E-state index in [1.807, 2.05) is 0 Å². The van der Waals surface area contributed by atoms with Crippen molar-refractivity contribution in [3.63, 3.8) is 0 Å². The van der Waals surface area contributed by atoms with E-state index in [2.05, 4.69) is 20.1 Å². The summed E-state index contributed by atoms with van der Waals surface area (Å²) < 4.78 is 7.00. The van der Waals surface area contributed by atoms with Gasteiger partial charge in [0.15, 0.2) is 5.16 Å². The van der Waals surface area contributed by atoms with Gasteiger partial charge in [0.05, 0.1) is 12.3 Å². The lowest BCUT2D eigenvalue weighted by Crippen LogP contribution is -2.27. The Hall–Kier alpha value is -1.12. The van der Waals surface area contributed by atoms with Crippen molar-refractivity contribution in [3.8, 4) is 0 Å². The lowest BCUT2D eigenvalue weighted by atomic mass is 10.4. The summed E-state index contributed by atoms with van der Waals surface area (Å²) in [5.74, 6) is 1.16. The number of methoxy groups -OCH3 is 1. The first-order valence-corrected chi connectivity index (χ1v) is 7.77. The van der Waals surface area contributed by atoms with Crippen LogP contribution in [0.25, 0.3) is 0 Å². The van der Waals surface area contributed by atoms with Gasteiger partial charge >= 0.3 is 0 Å². The number of nitrogens with one attached hydrogen (secondary N) is 1. The summed E-state index contributed by atoms with van der Waals surface area (Å²) in [5.41, 5.74) is 5.66. The summed E-state index contributed by atoms with van der Waals surface area (Å²) in [4.78, 5) is 11.7. The highest BCUT2D eigenvalue weighted by molar-refractivity contribution is 7.99. The molecule has 1 aliphatic rings. The zero-order valence-corrected chi connectivity index (χ0v) is 12.5. The molecule has 0 unspecified atom stereocenters. The highest BCUT2D eigenvalue weighted by Crippen LogP contribution is 2.38. The normalized spacial score (nSPS) is 14.5. The molecule has 1 amide bonds. The quantitative estimate of drug-likeness (QED) is 0.503. The van der Waals surface area contributed by atoms with E-state index in [0.29, 0.717) is 31.5 Å². The van der Waals surface area contributed by atoms with Crippen LogP contribution in [0.4, 0.5) is 0 Å². The van der Waals surface area contributed by atoms with Crippen LogP contribution in [0.15, 0.2) is 5.16 Å². The van der Waals surface area contributed by atoms with E-state index in [-0.39, 0.29) is 5.91 Å². The van der Waals surface area contributed by atoms with E-state index in [9.17, 15) is 4.79 Å². The second-order valence-electron chi connectivity index (χ2n) is 4.69. The van der Waals surface area contributed by atoms with E-state index in [0.717, 1.165) is 30.2 Å². The Morgan fingerprint density at radius 1 is 1.55 bits per heavy atom. The Morgan fingerprint density at radius 3 is 3.00 bits per heavy atom. The molecule has 3 N–H and O–H groups in total. The van der Waals surface area contributed by atoms with Crippen LogP contribution in [0.5, 0.6) is 0 Å². The van der Waals surface area contributed by atoms with E-state index < -0.39 is 0 Å². The number of amides is 1. The number of nitrogens with zero attached hydrogens (tertiary/aromatic N) is 3. The van der Waals surface area contributed by atoms with Gasteiger partial charge in [0.1, 0.15) is 5.82 Å². The number of nitrogens with two attached hydrogens (primary N) is 1. The molecule has 1 aromatic heterocycles. The molecule has 0 saturated heterocycles. The maximum absolute atomic E-state index is 11.7. The molecule has 0 spiro atoms. The molecular weight excluding hydrogens is 278 g/mol. The zero-order valence-electron chi connectivity index (χ0n) is 11.7. The minimum absolute atomic E-state index is 0.00532. The van der Waals surface area contributed by atoms with Gasteiger partial charge in [0, 0.05) is 26.3 Å². The first-order chi connectivity index (χ1) is 9.76. The molecule has 1 aliphatic carbocycles. The van der Waals surface area contributed by atoms with Crippen molar-refractivity contribution in [2.45, 2.75) is 37.0 Å².